The number of amides is 1. The molecule has 1 unspecified atom stereocenters. The third-order valence-electron chi connectivity index (χ3n) is 6.91. The summed E-state index contributed by atoms with van der Waals surface area (Å²) in [5, 5.41) is 11.2. The highest BCUT2D eigenvalue weighted by atomic mass is 19.1. The Kier molecular flexibility index (Phi) is 10.7. The summed E-state index contributed by atoms with van der Waals surface area (Å²) in [6.45, 7) is 7.49. The Morgan fingerprint density at radius 1 is 0.921 bits per heavy atom. The van der Waals surface area contributed by atoms with E-state index in [9.17, 15) is 19.1 Å². The summed E-state index contributed by atoms with van der Waals surface area (Å²) in [4.78, 5) is 30.5. The molecule has 0 aromatic heterocycles. The molecule has 1 atom stereocenters. The third kappa shape index (κ3) is 6.72. The zero-order chi connectivity index (χ0) is 27.7. The van der Waals surface area contributed by atoms with Crippen LogP contribution in [-0.2, 0) is 9.59 Å². The fourth-order valence-electron chi connectivity index (χ4n) is 4.81. The fraction of sp³-hybridized carbons (Fsp3) is 0.467. The van der Waals surface area contributed by atoms with E-state index in [1.165, 1.54) is 43.4 Å². The number of aliphatic hydroxyl groups is 1. The Morgan fingerprint density at radius 2 is 1.53 bits per heavy atom. The van der Waals surface area contributed by atoms with Gasteiger partial charge >= 0.3 is 0 Å². The zero-order valence-corrected chi connectivity index (χ0v) is 22.8. The second-order valence-electron chi connectivity index (χ2n) is 9.52. The van der Waals surface area contributed by atoms with Gasteiger partial charge in [-0.15, -0.1) is 0 Å². The number of Topliss-reactive ketones (excluding diaryl/α,β-unsaturated/α-hetero) is 1. The predicted molar refractivity (Wildman–Crippen MR) is 146 cm³/mol. The van der Waals surface area contributed by atoms with Gasteiger partial charge in [0.15, 0.2) is 11.5 Å². The van der Waals surface area contributed by atoms with Crippen LogP contribution < -0.4 is 9.47 Å². The first-order valence-corrected chi connectivity index (χ1v) is 13.3. The van der Waals surface area contributed by atoms with E-state index < -0.39 is 23.5 Å². The first-order valence-electron chi connectivity index (χ1n) is 13.3. The number of nitrogens with zero attached hydrogens (tertiary/aromatic N) is 2. The summed E-state index contributed by atoms with van der Waals surface area (Å²) in [6.07, 6.45) is 5.12. The molecule has 1 aliphatic rings. The number of carbonyl (C=O) groups excluding carboxylic acids is 2. The van der Waals surface area contributed by atoms with Crippen molar-refractivity contribution in [3.05, 3.63) is 65.0 Å². The molecule has 0 aliphatic carbocycles. The molecule has 38 heavy (non-hydrogen) atoms. The third-order valence-corrected chi connectivity index (χ3v) is 6.91. The number of hydrogen-bond acceptors (Lipinski definition) is 6. The Balaban J connectivity index is 1.98. The minimum Gasteiger partial charge on any atom is -0.507 e. The van der Waals surface area contributed by atoms with Gasteiger partial charge in [-0.1, -0.05) is 32.8 Å². The van der Waals surface area contributed by atoms with Gasteiger partial charge in [0.2, 0.25) is 0 Å². The van der Waals surface area contributed by atoms with E-state index in [2.05, 4.69) is 18.7 Å². The molecule has 1 heterocycles. The van der Waals surface area contributed by atoms with Crippen molar-refractivity contribution >= 4 is 17.4 Å². The molecule has 1 N–H and O–H groups in total. The van der Waals surface area contributed by atoms with Crippen molar-refractivity contribution in [1.82, 2.24) is 9.80 Å². The smallest absolute Gasteiger partial charge is 0.295 e. The van der Waals surface area contributed by atoms with Gasteiger partial charge in [-0.2, -0.15) is 0 Å². The monoisotopic (exact) mass is 526 g/mol. The second kappa shape index (κ2) is 14.0. The van der Waals surface area contributed by atoms with Crippen molar-refractivity contribution < 1.29 is 28.6 Å². The van der Waals surface area contributed by atoms with Crippen LogP contribution in [-0.4, -0.2) is 67.0 Å². The maximum atomic E-state index is 13.5. The van der Waals surface area contributed by atoms with E-state index in [0.29, 0.717) is 30.0 Å². The number of likely N-dealkylation sites (tertiary alicyclic amines) is 1. The number of ketones is 1. The van der Waals surface area contributed by atoms with Gasteiger partial charge in [0.1, 0.15) is 11.6 Å². The van der Waals surface area contributed by atoms with Gasteiger partial charge in [0, 0.05) is 12.1 Å². The molecule has 7 nitrogen and oxygen atoms in total. The van der Waals surface area contributed by atoms with Gasteiger partial charge in [-0.25, -0.2) is 4.39 Å². The number of benzene rings is 2. The summed E-state index contributed by atoms with van der Waals surface area (Å²) in [6, 6.07) is 9.57. The zero-order valence-electron chi connectivity index (χ0n) is 22.8. The van der Waals surface area contributed by atoms with Gasteiger partial charge < -0.3 is 24.4 Å². The number of hydrogen-bond donors (Lipinski definition) is 1. The van der Waals surface area contributed by atoms with Crippen molar-refractivity contribution in [2.45, 2.75) is 52.0 Å². The number of methoxy groups -OCH3 is 2. The van der Waals surface area contributed by atoms with Crippen LogP contribution in [0.25, 0.3) is 5.76 Å². The Bertz CT molecular complexity index is 1120. The number of carbonyl (C=O) groups is 2. The molecule has 1 amide bonds. The highest BCUT2D eigenvalue weighted by molar-refractivity contribution is 6.46. The summed E-state index contributed by atoms with van der Waals surface area (Å²) in [5.74, 6) is -1.27. The SMILES string of the molecule is CCCCN(CCCC)CCCN1C(=O)C(=O)/C(=C(\O)c2ccc(F)cc2)C1c1ccc(OC)c(OC)c1. The molecule has 0 spiro atoms. The highest BCUT2D eigenvalue weighted by Gasteiger charge is 2.46. The summed E-state index contributed by atoms with van der Waals surface area (Å²) < 4.78 is 24.4. The molecule has 8 heteroatoms. The average molecular weight is 527 g/mol. The van der Waals surface area contributed by atoms with Gasteiger partial charge in [0.25, 0.3) is 11.7 Å². The van der Waals surface area contributed by atoms with E-state index in [1.807, 2.05) is 0 Å². The van der Waals surface area contributed by atoms with Crippen LogP contribution >= 0.6 is 0 Å². The molecule has 0 radical (unpaired) electrons. The lowest BCUT2D eigenvalue weighted by Gasteiger charge is -2.28. The van der Waals surface area contributed by atoms with Crippen molar-refractivity contribution in [3.8, 4) is 11.5 Å². The quantitative estimate of drug-likeness (QED) is 0.197. The van der Waals surface area contributed by atoms with Gasteiger partial charge in [-0.3, -0.25) is 9.59 Å². The summed E-state index contributed by atoms with van der Waals surface area (Å²) in [5.41, 5.74) is 0.849. The van der Waals surface area contributed by atoms with E-state index in [0.717, 1.165) is 45.3 Å². The first kappa shape index (κ1) is 29.2. The second-order valence-corrected chi connectivity index (χ2v) is 9.52. The topological polar surface area (TPSA) is 79.3 Å². The molecule has 1 saturated heterocycles. The van der Waals surface area contributed by atoms with Crippen LogP contribution in [0.5, 0.6) is 11.5 Å². The maximum absolute atomic E-state index is 13.5. The van der Waals surface area contributed by atoms with Crippen molar-refractivity contribution in [2.24, 2.45) is 0 Å². The van der Waals surface area contributed by atoms with Crippen LogP contribution in [0, 0.1) is 5.82 Å². The maximum Gasteiger partial charge on any atom is 0.295 e. The number of rotatable bonds is 14. The van der Waals surface area contributed by atoms with E-state index >= 15 is 0 Å². The Morgan fingerprint density at radius 3 is 2.11 bits per heavy atom. The molecule has 3 rings (SSSR count). The number of aliphatic hydroxyl groups excluding tert-OH is 1. The van der Waals surface area contributed by atoms with Gasteiger partial charge in [-0.05, 0) is 80.9 Å². The van der Waals surface area contributed by atoms with Crippen LogP contribution in [0.4, 0.5) is 4.39 Å². The predicted octanol–water partition coefficient (Wildman–Crippen LogP) is 5.56. The average Bonchev–Trinajstić information content (AvgIpc) is 3.18. The lowest BCUT2D eigenvalue weighted by molar-refractivity contribution is -0.140. The van der Waals surface area contributed by atoms with Crippen molar-refractivity contribution in [3.63, 3.8) is 0 Å². The highest BCUT2D eigenvalue weighted by Crippen LogP contribution is 2.42. The number of ether oxygens (including phenoxy) is 2. The van der Waals surface area contributed by atoms with Crippen LogP contribution in [0.1, 0.15) is 63.1 Å². The van der Waals surface area contributed by atoms with Crippen molar-refractivity contribution in [1.29, 1.82) is 0 Å². The minimum atomic E-state index is -0.820. The summed E-state index contributed by atoms with van der Waals surface area (Å²) >= 11 is 0. The Labute approximate surface area is 224 Å². The van der Waals surface area contributed by atoms with E-state index in [4.69, 9.17) is 9.47 Å². The molecule has 1 aliphatic heterocycles. The van der Waals surface area contributed by atoms with Crippen LogP contribution in [0.15, 0.2) is 48.0 Å². The van der Waals surface area contributed by atoms with Gasteiger partial charge in [0.05, 0.1) is 25.8 Å². The molecular formula is C30H39FN2O5. The normalized spacial score (nSPS) is 16.9. The number of unbranched alkanes of at least 4 members (excludes halogenated alkanes) is 2. The molecule has 206 valence electrons. The number of halogens is 1. The Hall–Kier alpha value is -3.39. The first-order chi connectivity index (χ1) is 18.4. The minimum absolute atomic E-state index is 0.0253. The van der Waals surface area contributed by atoms with Crippen molar-refractivity contribution in [2.75, 3.05) is 40.4 Å². The molecule has 1 fully saturated rings. The standard InChI is InChI=1S/C30H39FN2O5/c1-5-7-16-32(17-8-6-2)18-9-19-33-27(22-12-15-24(37-3)25(20-22)38-4)26(29(35)30(33)36)28(34)21-10-13-23(31)14-11-21/h10-15,20,27,34H,5-9,16-19H2,1-4H3/b28-26-. The van der Waals surface area contributed by atoms with E-state index in [1.54, 1.807) is 18.2 Å². The van der Waals surface area contributed by atoms with Crippen LogP contribution in [0.2, 0.25) is 0 Å². The molecular weight excluding hydrogens is 487 g/mol. The molecule has 2 aromatic rings. The van der Waals surface area contributed by atoms with Crippen LogP contribution in [0.3, 0.4) is 0 Å². The van der Waals surface area contributed by atoms with E-state index in [-0.39, 0.29) is 16.9 Å². The largest absolute Gasteiger partial charge is 0.507 e. The lowest BCUT2D eigenvalue weighted by atomic mass is 9.95. The molecule has 0 bridgehead atoms. The summed E-state index contributed by atoms with van der Waals surface area (Å²) in [7, 11) is 3.04. The molecule has 2 aromatic carbocycles. The lowest BCUT2D eigenvalue weighted by Crippen LogP contribution is -2.34. The fourth-order valence-corrected chi connectivity index (χ4v) is 4.81. The molecule has 0 saturated carbocycles.